The average molecular weight is 348 g/mol. The Labute approximate surface area is 153 Å². The van der Waals surface area contributed by atoms with Crippen LogP contribution in [-0.4, -0.2) is 6.92 Å². The van der Waals surface area contributed by atoms with Crippen molar-refractivity contribution in [3.63, 3.8) is 0 Å². The van der Waals surface area contributed by atoms with E-state index in [1.165, 1.54) is 6.82 Å². The molecule has 1 rings (SSSR count). The molecular formula is C14H16BF6NaO. The molecule has 0 fully saturated rings. The molecule has 124 valence electrons. The van der Waals surface area contributed by atoms with E-state index in [-0.39, 0.29) is 54.0 Å². The predicted octanol–water partition coefficient (Wildman–Crippen LogP) is 1.31. The third-order valence-electron chi connectivity index (χ3n) is 4.20. The van der Waals surface area contributed by atoms with Crippen molar-refractivity contribution < 1.29 is 60.9 Å². The van der Waals surface area contributed by atoms with Crippen LogP contribution in [0.2, 0.25) is 6.82 Å². The molecule has 23 heavy (non-hydrogen) atoms. The van der Waals surface area contributed by atoms with Crippen LogP contribution < -0.4 is 34.6 Å². The Kier molecular flexibility index (Phi) is 7.74. The Balaban J connectivity index is 0.00000484. The molecule has 0 unspecified atom stereocenters. The molecule has 0 aromatic heterocycles. The Morgan fingerprint density at radius 1 is 0.826 bits per heavy atom. The Hall–Kier alpha value is -0.175. The normalized spacial score (nSPS) is 12.8. The second-order valence-electron chi connectivity index (χ2n) is 5.30. The van der Waals surface area contributed by atoms with Crippen molar-refractivity contribution in [2.24, 2.45) is 0 Å². The van der Waals surface area contributed by atoms with E-state index in [1.54, 1.807) is 13.8 Å². The number of halogens is 6. The van der Waals surface area contributed by atoms with Crippen molar-refractivity contribution in [1.29, 1.82) is 0 Å². The first-order valence-corrected chi connectivity index (χ1v) is 6.84. The fourth-order valence-corrected chi connectivity index (χ4v) is 2.71. The molecule has 0 bridgehead atoms. The summed E-state index contributed by atoms with van der Waals surface area (Å²) in [5, 5.41) is 10.7. The van der Waals surface area contributed by atoms with Gasteiger partial charge in [-0.05, 0) is 29.1 Å². The standard InChI is InChI=1S/C14H16BF6O.Na/c1-4-12(5-2,15(3)22)9-6-10(13(16,17)18)8-11(7-9)14(19,20)21;/h6-8H,4-5H2,1-3H3;/q-1;+1. The van der Waals surface area contributed by atoms with Crippen molar-refractivity contribution >= 4 is 6.92 Å². The third kappa shape index (κ3) is 4.90. The van der Waals surface area contributed by atoms with Crippen LogP contribution >= 0.6 is 0 Å². The summed E-state index contributed by atoms with van der Waals surface area (Å²) < 4.78 is 77.3. The van der Waals surface area contributed by atoms with Crippen molar-refractivity contribution in [3.8, 4) is 0 Å². The smallest absolute Gasteiger partial charge is 0.879 e. The van der Waals surface area contributed by atoms with Gasteiger partial charge in [-0.3, -0.25) is 0 Å². The average Bonchev–Trinajstić information content (AvgIpc) is 2.38. The maximum atomic E-state index is 12.9. The SMILES string of the molecule is CCC(CC)(B(C)[O-])c1cc(C(F)(F)F)cc(C(F)(F)F)c1.[Na+]. The van der Waals surface area contributed by atoms with Gasteiger partial charge in [0.2, 0.25) is 0 Å². The summed E-state index contributed by atoms with van der Waals surface area (Å²) in [5.41, 5.74) is -2.98. The van der Waals surface area contributed by atoms with Crippen LogP contribution in [-0.2, 0) is 17.7 Å². The summed E-state index contributed by atoms with van der Waals surface area (Å²) in [6.07, 6.45) is -9.50. The Bertz CT molecular complexity index is 491. The fourth-order valence-electron chi connectivity index (χ4n) is 2.71. The first-order chi connectivity index (χ1) is 9.88. The molecule has 0 aliphatic heterocycles. The van der Waals surface area contributed by atoms with Gasteiger partial charge >= 0.3 is 41.9 Å². The largest absolute Gasteiger partial charge is 1.00 e. The van der Waals surface area contributed by atoms with Gasteiger partial charge in [0.25, 0.3) is 0 Å². The molecule has 0 aliphatic rings. The molecule has 0 aliphatic carbocycles. The minimum absolute atomic E-state index is 0. The van der Waals surface area contributed by atoms with E-state index in [9.17, 15) is 31.4 Å². The summed E-state index contributed by atoms with van der Waals surface area (Å²) >= 11 is 0. The molecule has 0 amide bonds. The van der Waals surface area contributed by atoms with Crippen molar-refractivity contribution in [1.82, 2.24) is 0 Å². The molecule has 0 spiro atoms. The number of rotatable bonds is 4. The number of hydrogen-bond donors (Lipinski definition) is 0. The monoisotopic (exact) mass is 348 g/mol. The van der Waals surface area contributed by atoms with Gasteiger partial charge in [0.1, 0.15) is 0 Å². The van der Waals surface area contributed by atoms with Crippen LogP contribution in [0.25, 0.3) is 0 Å². The minimum atomic E-state index is -4.91. The minimum Gasteiger partial charge on any atom is -0.879 e. The van der Waals surface area contributed by atoms with Crippen LogP contribution in [0.4, 0.5) is 26.3 Å². The number of hydrogen-bond acceptors (Lipinski definition) is 1. The van der Waals surface area contributed by atoms with E-state index in [2.05, 4.69) is 0 Å². The topological polar surface area (TPSA) is 23.1 Å². The summed E-state index contributed by atoms with van der Waals surface area (Å²) in [6.45, 7) is 3.12. The molecule has 0 N–H and O–H groups in total. The van der Waals surface area contributed by atoms with E-state index < -0.39 is 35.7 Å². The van der Waals surface area contributed by atoms with Gasteiger partial charge in [0.15, 0.2) is 0 Å². The van der Waals surface area contributed by atoms with Gasteiger partial charge < -0.3 is 5.02 Å². The predicted molar refractivity (Wildman–Crippen MR) is 70.3 cm³/mol. The van der Waals surface area contributed by atoms with Gasteiger partial charge in [0, 0.05) is 6.92 Å². The summed E-state index contributed by atoms with van der Waals surface area (Å²) in [4.78, 5) is 0. The number of alkyl halides is 6. The first-order valence-electron chi connectivity index (χ1n) is 6.84. The molecule has 0 atom stereocenters. The van der Waals surface area contributed by atoms with E-state index in [0.717, 1.165) is 0 Å². The first kappa shape index (κ1) is 22.8. The molecule has 0 radical (unpaired) electrons. The van der Waals surface area contributed by atoms with E-state index in [1.807, 2.05) is 0 Å². The zero-order valence-corrected chi connectivity index (χ0v) is 15.4. The fraction of sp³-hybridized carbons (Fsp3) is 0.571. The van der Waals surface area contributed by atoms with Crippen LogP contribution in [0.3, 0.4) is 0 Å². The van der Waals surface area contributed by atoms with Gasteiger partial charge in [0.05, 0.1) is 11.1 Å². The zero-order chi connectivity index (χ0) is 17.3. The second-order valence-corrected chi connectivity index (χ2v) is 5.30. The van der Waals surface area contributed by atoms with Crippen molar-refractivity contribution in [2.45, 2.75) is 51.2 Å². The van der Waals surface area contributed by atoms with Crippen LogP contribution in [0.5, 0.6) is 0 Å². The molecule has 0 heterocycles. The molecule has 0 saturated heterocycles. The van der Waals surface area contributed by atoms with Gasteiger partial charge in [-0.15, -0.1) is 6.82 Å². The molecule has 9 heteroatoms. The maximum absolute atomic E-state index is 12.9. The van der Waals surface area contributed by atoms with Crippen LogP contribution in [0.15, 0.2) is 18.2 Å². The maximum Gasteiger partial charge on any atom is 1.00 e. The van der Waals surface area contributed by atoms with Gasteiger partial charge in [-0.1, -0.05) is 26.7 Å². The van der Waals surface area contributed by atoms with Crippen LogP contribution in [0.1, 0.15) is 43.4 Å². The van der Waals surface area contributed by atoms with E-state index in [4.69, 9.17) is 0 Å². The Morgan fingerprint density at radius 3 is 1.35 bits per heavy atom. The van der Waals surface area contributed by atoms with Gasteiger partial charge in [-0.25, -0.2) is 0 Å². The van der Waals surface area contributed by atoms with E-state index >= 15 is 0 Å². The molecule has 1 nitrogen and oxygen atoms in total. The third-order valence-corrected chi connectivity index (χ3v) is 4.20. The summed E-state index contributed by atoms with van der Waals surface area (Å²) in [5.74, 6) is 0. The summed E-state index contributed by atoms with van der Waals surface area (Å²) in [6, 6.07) is 1.41. The molecule has 1 aromatic carbocycles. The molecular weight excluding hydrogens is 332 g/mol. The van der Waals surface area contributed by atoms with Crippen LogP contribution in [0, 0.1) is 0 Å². The molecule has 1 aromatic rings. The van der Waals surface area contributed by atoms with E-state index in [0.29, 0.717) is 12.1 Å². The van der Waals surface area contributed by atoms with Crippen molar-refractivity contribution in [3.05, 3.63) is 34.9 Å². The Morgan fingerprint density at radius 2 is 1.13 bits per heavy atom. The zero-order valence-electron chi connectivity index (χ0n) is 13.4. The van der Waals surface area contributed by atoms with Crippen molar-refractivity contribution in [2.75, 3.05) is 0 Å². The molecule has 0 saturated carbocycles. The summed E-state index contributed by atoms with van der Waals surface area (Å²) in [7, 11) is 0. The second kappa shape index (κ2) is 7.80. The number of benzene rings is 1. The van der Waals surface area contributed by atoms with Gasteiger partial charge in [-0.2, -0.15) is 26.3 Å². The quantitative estimate of drug-likeness (QED) is 0.595.